The van der Waals surface area contributed by atoms with E-state index >= 15 is 0 Å². The van der Waals surface area contributed by atoms with Crippen LogP contribution >= 0.6 is 11.3 Å². The number of hydrogen-bond acceptors (Lipinski definition) is 6. The minimum atomic E-state index is -3.54. The van der Waals surface area contributed by atoms with Gasteiger partial charge in [-0.2, -0.15) is 4.31 Å². The molecule has 1 aliphatic carbocycles. The van der Waals surface area contributed by atoms with E-state index in [-0.39, 0.29) is 11.8 Å². The fourth-order valence-electron chi connectivity index (χ4n) is 2.76. The summed E-state index contributed by atoms with van der Waals surface area (Å²) in [5.74, 6) is -1.42. The molecule has 0 radical (unpaired) electrons. The highest BCUT2D eigenvalue weighted by atomic mass is 32.2. The van der Waals surface area contributed by atoms with E-state index in [1.54, 1.807) is 25.3 Å². The predicted molar refractivity (Wildman–Crippen MR) is 85.3 cm³/mol. The number of ether oxygens (including phenoxy) is 1. The maximum atomic E-state index is 12.6. The number of aromatic nitrogens is 1. The molecule has 1 aliphatic rings. The fourth-order valence-corrected chi connectivity index (χ4v) is 5.58. The Morgan fingerprint density at radius 3 is 2.86 bits per heavy atom. The molecule has 124 valence electrons. The highest BCUT2D eigenvalue weighted by Gasteiger charge is 2.35. The number of carbonyl (C=O) groups is 1. The smallest absolute Gasteiger partial charge is 0.309 e. The zero-order valence-electron chi connectivity index (χ0n) is 13.3. The van der Waals surface area contributed by atoms with Crippen molar-refractivity contribution in [3.63, 3.8) is 0 Å². The van der Waals surface area contributed by atoms with Crippen LogP contribution in [0.5, 0.6) is 0 Å². The van der Waals surface area contributed by atoms with Crippen molar-refractivity contribution in [2.24, 2.45) is 5.92 Å². The van der Waals surface area contributed by atoms with Gasteiger partial charge in [-0.3, -0.25) is 4.79 Å². The second-order valence-corrected chi connectivity index (χ2v) is 8.98. The van der Waals surface area contributed by atoms with Gasteiger partial charge in [0.05, 0.1) is 35.5 Å². The molecule has 0 aliphatic heterocycles. The van der Waals surface area contributed by atoms with Crippen LogP contribution in [0.3, 0.4) is 0 Å². The fraction of sp³-hybridized carbons (Fsp3) is 0.714. The van der Waals surface area contributed by atoms with Gasteiger partial charge >= 0.3 is 5.97 Å². The van der Waals surface area contributed by atoms with Crippen LogP contribution in [0.4, 0.5) is 0 Å². The molecule has 0 N–H and O–H groups in total. The molecular formula is C14H22N2O4S2. The third kappa shape index (κ3) is 3.49. The van der Waals surface area contributed by atoms with E-state index in [2.05, 4.69) is 9.72 Å². The number of hydrogen-bond donors (Lipinski definition) is 0. The number of esters is 1. The van der Waals surface area contributed by atoms with Crippen LogP contribution in [0.15, 0.2) is 0 Å². The summed E-state index contributed by atoms with van der Waals surface area (Å²) in [6.45, 7) is 3.51. The molecule has 2 unspecified atom stereocenters. The molecular weight excluding hydrogens is 324 g/mol. The van der Waals surface area contributed by atoms with E-state index in [0.717, 1.165) is 34.8 Å². The van der Waals surface area contributed by atoms with Gasteiger partial charge in [0.25, 0.3) is 0 Å². The molecule has 1 aromatic heterocycles. The SMILES string of the molecule is COC(=O)C(C)CS(=O)(=O)N(C)C1CCCc2nc(C)sc21. The quantitative estimate of drug-likeness (QED) is 0.761. The van der Waals surface area contributed by atoms with Gasteiger partial charge < -0.3 is 4.74 Å². The van der Waals surface area contributed by atoms with Crippen LogP contribution in [0, 0.1) is 12.8 Å². The first-order valence-electron chi connectivity index (χ1n) is 7.26. The van der Waals surface area contributed by atoms with Gasteiger partial charge in [-0.1, -0.05) is 6.92 Å². The largest absolute Gasteiger partial charge is 0.469 e. The maximum Gasteiger partial charge on any atom is 0.309 e. The van der Waals surface area contributed by atoms with Gasteiger partial charge in [-0.05, 0) is 26.2 Å². The number of carbonyl (C=O) groups excluding carboxylic acids is 1. The summed E-state index contributed by atoms with van der Waals surface area (Å²) < 4.78 is 31.2. The van der Waals surface area contributed by atoms with Crippen LogP contribution in [-0.2, 0) is 26.0 Å². The van der Waals surface area contributed by atoms with E-state index in [4.69, 9.17) is 0 Å². The van der Waals surface area contributed by atoms with Crippen LogP contribution in [0.1, 0.15) is 41.4 Å². The summed E-state index contributed by atoms with van der Waals surface area (Å²) in [6.07, 6.45) is 2.62. The zero-order chi connectivity index (χ0) is 16.5. The Kier molecular flexibility index (Phi) is 5.24. The van der Waals surface area contributed by atoms with Crippen molar-refractivity contribution in [3.8, 4) is 0 Å². The predicted octanol–water partition coefficient (Wildman–Crippen LogP) is 1.90. The molecule has 1 aromatic rings. The van der Waals surface area contributed by atoms with Crippen molar-refractivity contribution in [3.05, 3.63) is 15.6 Å². The van der Waals surface area contributed by atoms with Crippen molar-refractivity contribution >= 4 is 27.3 Å². The first kappa shape index (κ1) is 17.4. The lowest BCUT2D eigenvalue weighted by atomic mass is 9.98. The third-order valence-corrected chi connectivity index (χ3v) is 7.14. The number of rotatable bonds is 5. The Morgan fingerprint density at radius 2 is 2.23 bits per heavy atom. The Balaban J connectivity index is 2.20. The van der Waals surface area contributed by atoms with Crippen molar-refractivity contribution in [1.29, 1.82) is 0 Å². The number of nitrogens with zero attached hydrogens (tertiary/aromatic N) is 2. The number of aryl methyl sites for hydroxylation is 2. The molecule has 0 bridgehead atoms. The van der Waals surface area contributed by atoms with Crippen LogP contribution < -0.4 is 0 Å². The average molecular weight is 346 g/mol. The normalized spacial score (nSPS) is 19.8. The third-order valence-electron chi connectivity index (χ3n) is 3.97. The zero-order valence-corrected chi connectivity index (χ0v) is 15.0. The highest BCUT2D eigenvalue weighted by molar-refractivity contribution is 7.89. The second-order valence-electron chi connectivity index (χ2n) is 5.67. The topological polar surface area (TPSA) is 76.6 Å². The van der Waals surface area contributed by atoms with E-state index in [0.29, 0.717) is 0 Å². The minimum absolute atomic E-state index is 0.176. The van der Waals surface area contributed by atoms with Crippen molar-refractivity contribution in [1.82, 2.24) is 9.29 Å². The molecule has 8 heteroatoms. The Labute approximate surface area is 135 Å². The highest BCUT2D eigenvalue weighted by Crippen LogP contribution is 2.38. The van der Waals surface area contributed by atoms with Gasteiger partial charge in [0, 0.05) is 11.9 Å². The van der Waals surface area contributed by atoms with Gasteiger partial charge in [-0.25, -0.2) is 13.4 Å². The van der Waals surface area contributed by atoms with Crippen LogP contribution in [0.25, 0.3) is 0 Å². The molecule has 1 heterocycles. The number of fused-ring (bicyclic) bond motifs is 1. The number of sulfonamides is 1. The molecule has 0 aromatic carbocycles. The van der Waals surface area contributed by atoms with Gasteiger partial charge in [-0.15, -0.1) is 11.3 Å². The first-order valence-corrected chi connectivity index (χ1v) is 9.68. The van der Waals surface area contributed by atoms with Crippen molar-refractivity contribution in [2.45, 2.75) is 39.2 Å². The molecule has 0 spiro atoms. The van der Waals surface area contributed by atoms with E-state index in [9.17, 15) is 13.2 Å². The summed E-state index contributed by atoms with van der Waals surface area (Å²) in [4.78, 5) is 17.0. The number of methoxy groups -OCH3 is 1. The lowest BCUT2D eigenvalue weighted by Gasteiger charge is -2.30. The average Bonchev–Trinajstić information content (AvgIpc) is 2.84. The van der Waals surface area contributed by atoms with Gasteiger partial charge in [0.1, 0.15) is 0 Å². The molecule has 0 saturated carbocycles. The van der Waals surface area contributed by atoms with Crippen LogP contribution in [0.2, 0.25) is 0 Å². The standard InChI is InChI=1S/C14H22N2O4S2/c1-9(14(17)20-4)8-22(18,19)16(3)12-7-5-6-11-13(12)21-10(2)15-11/h9,12H,5-8H2,1-4H3. The second kappa shape index (κ2) is 6.64. The lowest BCUT2D eigenvalue weighted by Crippen LogP contribution is -2.37. The molecule has 2 rings (SSSR count). The Bertz CT molecular complexity index is 654. The molecule has 0 saturated heterocycles. The first-order chi connectivity index (χ1) is 10.3. The minimum Gasteiger partial charge on any atom is -0.469 e. The summed E-state index contributed by atoms with van der Waals surface area (Å²) in [6, 6.07) is -0.176. The number of thiazole rings is 1. The van der Waals surface area contributed by atoms with Gasteiger partial charge in [0.15, 0.2) is 0 Å². The van der Waals surface area contributed by atoms with Crippen LogP contribution in [-0.4, -0.2) is 43.6 Å². The van der Waals surface area contributed by atoms with E-state index in [1.165, 1.54) is 11.4 Å². The van der Waals surface area contributed by atoms with E-state index < -0.39 is 21.9 Å². The molecule has 6 nitrogen and oxygen atoms in total. The monoisotopic (exact) mass is 346 g/mol. The maximum absolute atomic E-state index is 12.6. The lowest BCUT2D eigenvalue weighted by molar-refractivity contribution is -0.144. The Morgan fingerprint density at radius 1 is 1.55 bits per heavy atom. The summed E-state index contributed by atoms with van der Waals surface area (Å²) in [5, 5.41) is 0.964. The summed E-state index contributed by atoms with van der Waals surface area (Å²) in [7, 11) is -0.678. The van der Waals surface area contributed by atoms with Gasteiger partial charge in [0.2, 0.25) is 10.0 Å². The summed E-state index contributed by atoms with van der Waals surface area (Å²) >= 11 is 1.56. The van der Waals surface area contributed by atoms with Crippen molar-refractivity contribution < 1.29 is 17.9 Å². The molecule has 2 atom stereocenters. The molecule has 0 amide bonds. The van der Waals surface area contributed by atoms with E-state index in [1.807, 2.05) is 6.92 Å². The molecule has 22 heavy (non-hydrogen) atoms. The Hall–Kier alpha value is -0.990. The summed E-state index contributed by atoms with van der Waals surface area (Å²) in [5.41, 5.74) is 1.02. The molecule has 0 fully saturated rings. The van der Waals surface area contributed by atoms with Crippen molar-refractivity contribution in [2.75, 3.05) is 19.9 Å².